The summed E-state index contributed by atoms with van der Waals surface area (Å²) < 4.78 is 31.4. The molecule has 1 aliphatic carbocycles. The summed E-state index contributed by atoms with van der Waals surface area (Å²) in [5.41, 5.74) is -0.345. The van der Waals surface area contributed by atoms with Crippen molar-refractivity contribution in [1.82, 2.24) is 9.88 Å². The average molecular weight is 316 g/mol. The maximum atomic E-state index is 12.0. The zero-order valence-electron chi connectivity index (χ0n) is 12.8. The van der Waals surface area contributed by atoms with Gasteiger partial charge in [-0.1, -0.05) is 19.0 Å². The van der Waals surface area contributed by atoms with Crippen LogP contribution in [0.5, 0.6) is 0 Å². The molecule has 0 aliphatic heterocycles. The van der Waals surface area contributed by atoms with Crippen molar-refractivity contribution in [2.45, 2.75) is 57.8 Å². The number of aliphatic hydroxyl groups is 1. The summed E-state index contributed by atoms with van der Waals surface area (Å²) >= 11 is 0. The van der Waals surface area contributed by atoms with Crippen molar-refractivity contribution in [3.63, 3.8) is 0 Å². The second-order valence-corrected chi connectivity index (χ2v) is 8.70. The Bertz CT molecular complexity index is 582. The summed E-state index contributed by atoms with van der Waals surface area (Å²) in [4.78, 5) is 0. The zero-order valence-corrected chi connectivity index (χ0v) is 13.7. The number of sulfonamides is 1. The Balaban J connectivity index is 1.89. The lowest BCUT2D eigenvalue weighted by Gasteiger charge is -2.40. The first-order chi connectivity index (χ1) is 9.59. The molecule has 1 saturated carbocycles. The minimum absolute atomic E-state index is 0.0578. The third-order valence-electron chi connectivity index (χ3n) is 4.17. The van der Waals surface area contributed by atoms with Crippen LogP contribution in [0, 0.1) is 12.3 Å². The topological polar surface area (TPSA) is 92.4 Å². The van der Waals surface area contributed by atoms with E-state index in [1.165, 1.54) is 0 Å². The van der Waals surface area contributed by atoms with Gasteiger partial charge < -0.3 is 9.63 Å². The summed E-state index contributed by atoms with van der Waals surface area (Å²) in [5, 5.41) is 14.2. The van der Waals surface area contributed by atoms with Gasteiger partial charge in [-0.3, -0.25) is 0 Å². The van der Waals surface area contributed by atoms with Crippen molar-refractivity contribution in [1.29, 1.82) is 0 Å². The Morgan fingerprint density at radius 2 is 1.95 bits per heavy atom. The van der Waals surface area contributed by atoms with Crippen LogP contribution in [0.2, 0.25) is 0 Å². The number of rotatable bonds is 5. The maximum absolute atomic E-state index is 12.0. The van der Waals surface area contributed by atoms with E-state index >= 15 is 0 Å². The Hall–Kier alpha value is -0.920. The van der Waals surface area contributed by atoms with Crippen LogP contribution >= 0.6 is 0 Å². The van der Waals surface area contributed by atoms with E-state index in [4.69, 9.17) is 4.52 Å². The molecule has 120 valence electrons. The fourth-order valence-corrected chi connectivity index (χ4v) is 3.66. The smallest absolute Gasteiger partial charge is 0.217 e. The first-order valence-electron chi connectivity index (χ1n) is 7.21. The summed E-state index contributed by atoms with van der Waals surface area (Å²) in [5.74, 6) is 0.347. The van der Waals surface area contributed by atoms with Crippen LogP contribution in [0.15, 0.2) is 10.6 Å². The molecule has 1 aliphatic rings. The van der Waals surface area contributed by atoms with Crippen LogP contribution in [0.25, 0.3) is 0 Å². The van der Waals surface area contributed by atoms with E-state index in [0.717, 1.165) is 12.8 Å². The number of hydrogen-bond donors (Lipinski definition) is 2. The highest BCUT2D eigenvalue weighted by molar-refractivity contribution is 7.88. The summed E-state index contributed by atoms with van der Waals surface area (Å²) in [7, 11) is -3.52. The molecule has 0 aromatic carbocycles. The number of nitrogens with one attached hydrogen (secondary N) is 1. The van der Waals surface area contributed by atoms with Gasteiger partial charge in [0.2, 0.25) is 10.0 Å². The molecule has 0 radical (unpaired) electrons. The van der Waals surface area contributed by atoms with Gasteiger partial charge in [0.05, 0.1) is 5.60 Å². The quantitative estimate of drug-likeness (QED) is 0.863. The molecule has 0 spiro atoms. The molecular formula is C14H24N2O4S. The molecule has 1 heterocycles. The predicted molar refractivity (Wildman–Crippen MR) is 79.1 cm³/mol. The van der Waals surface area contributed by atoms with Gasteiger partial charge in [-0.25, -0.2) is 13.1 Å². The van der Waals surface area contributed by atoms with Gasteiger partial charge in [-0.15, -0.1) is 0 Å². The Labute approximate surface area is 126 Å². The van der Waals surface area contributed by atoms with E-state index in [-0.39, 0.29) is 17.7 Å². The van der Waals surface area contributed by atoms with Crippen LogP contribution in [-0.2, 0) is 15.8 Å². The Morgan fingerprint density at radius 3 is 2.48 bits per heavy atom. The normalized spacial score (nSPS) is 21.3. The second-order valence-electron chi connectivity index (χ2n) is 6.90. The Kier molecular flexibility index (Phi) is 4.46. The number of aromatic nitrogens is 1. The summed E-state index contributed by atoms with van der Waals surface area (Å²) in [6.45, 7) is 6.11. The monoisotopic (exact) mass is 316 g/mol. The van der Waals surface area contributed by atoms with E-state index in [1.54, 1.807) is 13.0 Å². The van der Waals surface area contributed by atoms with Crippen molar-refractivity contribution in [2.75, 3.05) is 6.54 Å². The fraction of sp³-hybridized carbons (Fsp3) is 0.786. The molecule has 0 unspecified atom stereocenters. The molecule has 2 N–H and O–H groups in total. The number of hydrogen-bond acceptors (Lipinski definition) is 5. The van der Waals surface area contributed by atoms with Gasteiger partial charge in [0, 0.05) is 12.6 Å². The van der Waals surface area contributed by atoms with Crippen LogP contribution in [0.3, 0.4) is 0 Å². The van der Waals surface area contributed by atoms with Gasteiger partial charge in [0.25, 0.3) is 0 Å². The fourth-order valence-electron chi connectivity index (χ4n) is 2.54. The van der Waals surface area contributed by atoms with Gasteiger partial charge >= 0.3 is 0 Å². The highest BCUT2D eigenvalue weighted by Gasteiger charge is 2.37. The van der Waals surface area contributed by atoms with Gasteiger partial charge in [0.15, 0.2) is 0 Å². The van der Waals surface area contributed by atoms with Crippen LogP contribution < -0.4 is 4.72 Å². The zero-order chi connectivity index (χ0) is 15.7. The van der Waals surface area contributed by atoms with E-state index in [1.807, 2.05) is 0 Å². The predicted octanol–water partition coefficient (Wildman–Crippen LogP) is 1.73. The van der Waals surface area contributed by atoms with Crippen molar-refractivity contribution in [2.24, 2.45) is 5.41 Å². The highest BCUT2D eigenvalue weighted by atomic mass is 32.2. The molecule has 1 fully saturated rings. The lowest BCUT2D eigenvalue weighted by Crippen LogP contribution is -2.46. The van der Waals surface area contributed by atoms with Gasteiger partial charge in [0.1, 0.15) is 17.2 Å². The third kappa shape index (κ3) is 4.79. The lowest BCUT2D eigenvalue weighted by molar-refractivity contribution is -0.0205. The molecule has 0 bridgehead atoms. The highest BCUT2D eigenvalue weighted by Crippen LogP contribution is 2.39. The number of nitrogens with zero attached hydrogens (tertiary/aromatic N) is 1. The molecule has 0 amide bonds. The van der Waals surface area contributed by atoms with Crippen LogP contribution in [0.4, 0.5) is 0 Å². The maximum Gasteiger partial charge on any atom is 0.217 e. The van der Waals surface area contributed by atoms with E-state index in [2.05, 4.69) is 23.7 Å². The van der Waals surface area contributed by atoms with Crippen molar-refractivity contribution in [3.05, 3.63) is 17.5 Å². The molecule has 21 heavy (non-hydrogen) atoms. The first-order valence-corrected chi connectivity index (χ1v) is 8.86. The molecule has 1 aromatic heterocycles. The number of aryl methyl sites for hydroxylation is 1. The standard InChI is InChI=1S/C14H24N2O4S/c1-11-8-12(16-20-11)9-21(18,19)15-10-14(17)6-4-13(2,3)5-7-14/h8,15,17H,4-7,9-10H2,1-3H3. The summed E-state index contributed by atoms with van der Waals surface area (Å²) in [6, 6.07) is 1.59. The molecule has 6 nitrogen and oxygen atoms in total. The van der Waals surface area contributed by atoms with Crippen molar-refractivity contribution >= 4 is 10.0 Å². The molecule has 0 saturated heterocycles. The SMILES string of the molecule is Cc1cc(CS(=O)(=O)NCC2(O)CCC(C)(C)CC2)no1. The third-order valence-corrected chi connectivity index (χ3v) is 5.43. The van der Waals surface area contributed by atoms with Crippen molar-refractivity contribution < 1.29 is 18.0 Å². The molecular weight excluding hydrogens is 292 g/mol. The second kappa shape index (κ2) is 5.70. The first kappa shape index (κ1) is 16.5. The van der Waals surface area contributed by atoms with Crippen LogP contribution in [0.1, 0.15) is 51.0 Å². The van der Waals surface area contributed by atoms with E-state index in [0.29, 0.717) is 24.3 Å². The van der Waals surface area contributed by atoms with E-state index < -0.39 is 15.6 Å². The molecule has 1 aromatic rings. The minimum atomic E-state index is -3.52. The minimum Gasteiger partial charge on any atom is -0.389 e. The average Bonchev–Trinajstić information content (AvgIpc) is 2.76. The lowest BCUT2D eigenvalue weighted by atomic mass is 9.71. The van der Waals surface area contributed by atoms with Gasteiger partial charge in [-0.05, 0) is 38.0 Å². The largest absolute Gasteiger partial charge is 0.389 e. The summed E-state index contributed by atoms with van der Waals surface area (Å²) in [6.07, 6.45) is 3.03. The Morgan fingerprint density at radius 1 is 1.33 bits per heavy atom. The van der Waals surface area contributed by atoms with Gasteiger partial charge in [-0.2, -0.15) is 0 Å². The van der Waals surface area contributed by atoms with Crippen LogP contribution in [-0.4, -0.2) is 30.8 Å². The molecule has 0 atom stereocenters. The van der Waals surface area contributed by atoms with E-state index in [9.17, 15) is 13.5 Å². The van der Waals surface area contributed by atoms with Crippen molar-refractivity contribution in [3.8, 4) is 0 Å². The molecule has 2 rings (SSSR count). The molecule has 7 heteroatoms.